The fraction of sp³-hybridized carbons (Fsp3) is 0.0870. The second-order valence-corrected chi connectivity index (χ2v) is 13.9. The number of nitrogens with zero attached hydrogens (tertiary/aromatic N) is 1. The number of allylic oxidation sites excluding steroid dienone is 3. The number of nitrogens with one attached hydrogen (secondary N) is 1. The number of hydrogen-bond acceptors (Lipinski definition) is 2. The van der Waals surface area contributed by atoms with Gasteiger partial charge in [0, 0.05) is 42.7 Å². The summed E-state index contributed by atoms with van der Waals surface area (Å²) in [4.78, 5) is 0. The number of anilines is 1. The maximum atomic E-state index is 3.88. The first-order valence-electron chi connectivity index (χ1n) is 17.1. The summed E-state index contributed by atoms with van der Waals surface area (Å²) in [6, 6.07) is 46.9. The fourth-order valence-corrected chi connectivity index (χ4v) is 9.00. The normalized spacial score (nSPS) is 16.0. The third-order valence-corrected chi connectivity index (χ3v) is 11.2. The molecule has 2 unspecified atom stereocenters. The molecule has 3 heterocycles. The zero-order valence-electron chi connectivity index (χ0n) is 27.4. The van der Waals surface area contributed by atoms with E-state index in [-0.39, 0.29) is 6.04 Å². The molecule has 0 radical (unpaired) electrons. The molecule has 6 aromatic carbocycles. The van der Waals surface area contributed by atoms with E-state index in [1.807, 2.05) is 30.4 Å². The van der Waals surface area contributed by atoms with E-state index < -0.39 is 0 Å². The molecule has 1 N–H and O–H groups in total. The van der Waals surface area contributed by atoms with Gasteiger partial charge >= 0.3 is 0 Å². The highest BCUT2D eigenvalue weighted by molar-refractivity contribution is 7.18. The number of thiophene rings is 1. The Kier molecular flexibility index (Phi) is 7.29. The first-order chi connectivity index (χ1) is 24.2. The number of fused-ring (bicyclic) bond motifs is 11. The van der Waals surface area contributed by atoms with Crippen molar-refractivity contribution in [3.8, 4) is 16.8 Å². The highest BCUT2D eigenvalue weighted by atomic mass is 32.1. The van der Waals surface area contributed by atoms with Gasteiger partial charge in [-0.2, -0.15) is 0 Å². The molecule has 10 rings (SSSR count). The van der Waals surface area contributed by atoms with Crippen LogP contribution in [0.1, 0.15) is 24.8 Å². The van der Waals surface area contributed by atoms with Gasteiger partial charge in [0.15, 0.2) is 0 Å². The number of hydrogen-bond donors (Lipinski definition) is 1. The average molecular weight is 649 g/mol. The van der Waals surface area contributed by atoms with E-state index in [0.29, 0.717) is 5.92 Å². The van der Waals surface area contributed by atoms with Crippen LogP contribution in [-0.4, -0.2) is 10.6 Å². The van der Waals surface area contributed by atoms with Gasteiger partial charge in [-0.3, -0.25) is 0 Å². The van der Waals surface area contributed by atoms with Crippen LogP contribution in [0.3, 0.4) is 0 Å². The molecule has 236 valence electrons. The average Bonchev–Trinajstić information content (AvgIpc) is 3.82. The monoisotopic (exact) mass is 648 g/mol. The van der Waals surface area contributed by atoms with Gasteiger partial charge in [0.25, 0.3) is 0 Å². The van der Waals surface area contributed by atoms with Crippen molar-refractivity contribution >= 4 is 71.8 Å². The minimum absolute atomic E-state index is 0.281. The quantitative estimate of drug-likeness (QED) is 0.188. The van der Waals surface area contributed by atoms with Crippen molar-refractivity contribution in [2.24, 2.45) is 0 Å². The standard InChI is InChI=1S/C40H26N2S.C6H10/c1-2-9-27(10-3-1)42-37-13-7-6-12-30(37)33-20-25(16-19-38(33)42)26-15-17-29-32-22-34-31-18-14-24-8-4-5-11-28(24)40(31)43-39(34)23-36(32)41-35(29)21-26;1-3-5-6-4-2/h1-23,32,36,41H;3-4,6H,1,5H2,2H3/b;6-4-. The molecule has 0 fully saturated rings. The lowest BCUT2D eigenvalue weighted by atomic mass is 9.89. The number of para-hydroxylation sites is 2. The smallest absolute Gasteiger partial charge is 0.0565 e. The van der Waals surface area contributed by atoms with Crippen molar-refractivity contribution in [3.05, 3.63) is 168 Å². The van der Waals surface area contributed by atoms with Crippen LogP contribution in [0.15, 0.2) is 152 Å². The number of benzene rings is 6. The molecular weight excluding hydrogens is 613 g/mol. The van der Waals surface area contributed by atoms with E-state index in [0.717, 1.165) is 6.42 Å². The highest BCUT2D eigenvalue weighted by Gasteiger charge is 2.31. The Morgan fingerprint density at radius 2 is 1.47 bits per heavy atom. The van der Waals surface area contributed by atoms with Crippen LogP contribution in [0.5, 0.6) is 0 Å². The summed E-state index contributed by atoms with van der Waals surface area (Å²) < 4.78 is 5.16. The maximum absolute atomic E-state index is 3.88. The SMILES string of the molecule is C1=c2sc3c(ccc4ccccc43)c2=CC2c3ccc(-c4ccc5c(c4)c4ccccc4n5-c4ccccc4)cc3NC12.C=CC/C=C\C. The van der Waals surface area contributed by atoms with Crippen LogP contribution in [0.25, 0.3) is 71.6 Å². The van der Waals surface area contributed by atoms with Crippen molar-refractivity contribution in [1.29, 1.82) is 0 Å². The summed E-state index contributed by atoms with van der Waals surface area (Å²) in [5, 5.41) is 11.9. The lowest BCUT2D eigenvalue weighted by Crippen LogP contribution is -2.31. The molecule has 1 aliphatic carbocycles. The van der Waals surface area contributed by atoms with E-state index in [2.05, 4.69) is 162 Å². The van der Waals surface area contributed by atoms with Crippen LogP contribution in [0.2, 0.25) is 0 Å². The Balaban J connectivity index is 0.000000501. The largest absolute Gasteiger partial charge is 0.378 e. The Labute approximate surface area is 290 Å². The molecule has 0 saturated carbocycles. The van der Waals surface area contributed by atoms with Gasteiger partial charge in [0.1, 0.15) is 0 Å². The van der Waals surface area contributed by atoms with E-state index in [9.17, 15) is 0 Å². The van der Waals surface area contributed by atoms with Crippen LogP contribution in [-0.2, 0) is 0 Å². The molecule has 8 aromatic rings. The molecule has 2 aromatic heterocycles. The number of aromatic nitrogens is 1. The van der Waals surface area contributed by atoms with Crippen molar-refractivity contribution in [2.75, 3.05) is 5.32 Å². The van der Waals surface area contributed by atoms with Gasteiger partial charge < -0.3 is 9.88 Å². The van der Waals surface area contributed by atoms with Crippen molar-refractivity contribution in [3.63, 3.8) is 0 Å². The van der Waals surface area contributed by atoms with Crippen molar-refractivity contribution in [2.45, 2.75) is 25.3 Å². The predicted molar refractivity (Wildman–Crippen MR) is 214 cm³/mol. The van der Waals surface area contributed by atoms with Crippen molar-refractivity contribution in [1.82, 2.24) is 4.57 Å². The van der Waals surface area contributed by atoms with Crippen LogP contribution >= 0.6 is 11.3 Å². The summed E-state index contributed by atoms with van der Waals surface area (Å²) in [6.07, 6.45) is 11.9. The van der Waals surface area contributed by atoms with Crippen LogP contribution < -0.4 is 15.1 Å². The van der Waals surface area contributed by atoms with Gasteiger partial charge in [0.05, 0.1) is 17.1 Å². The van der Waals surface area contributed by atoms with Gasteiger partial charge in [-0.15, -0.1) is 17.9 Å². The third kappa shape index (κ3) is 4.93. The molecule has 49 heavy (non-hydrogen) atoms. The van der Waals surface area contributed by atoms with Gasteiger partial charge in [-0.25, -0.2) is 0 Å². The zero-order valence-corrected chi connectivity index (χ0v) is 28.3. The zero-order chi connectivity index (χ0) is 32.9. The molecule has 1 aliphatic heterocycles. The Morgan fingerprint density at radius 1 is 0.714 bits per heavy atom. The lowest BCUT2D eigenvalue weighted by molar-refractivity contribution is 0.875. The maximum Gasteiger partial charge on any atom is 0.0565 e. The molecule has 2 nitrogen and oxygen atoms in total. The summed E-state index contributed by atoms with van der Waals surface area (Å²) in [5.41, 5.74) is 8.78. The van der Waals surface area contributed by atoms with Crippen LogP contribution in [0, 0.1) is 0 Å². The molecule has 0 amide bonds. The second-order valence-electron chi connectivity index (χ2n) is 12.9. The molecule has 0 spiro atoms. The van der Waals surface area contributed by atoms with Gasteiger partial charge in [0.2, 0.25) is 0 Å². The summed E-state index contributed by atoms with van der Waals surface area (Å²) >= 11 is 1.93. The van der Waals surface area contributed by atoms with E-state index in [1.165, 1.54) is 80.5 Å². The summed E-state index contributed by atoms with van der Waals surface area (Å²) in [6.45, 7) is 5.55. The fourth-order valence-electron chi connectivity index (χ4n) is 7.69. The molecule has 2 aliphatic rings. The first-order valence-corrected chi connectivity index (χ1v) is 17.9. The lowest BCUT2D eigenvalue weighted by Gasteiger charge is -2.15. The van der Waals surface area contributed by atoms with Gasteiger partial charge in [-0.05, 0) is 88.5 Å². The second kappa shape index (κ2) is 12.1. The van der Waals surface area contributed by atoms with Crippen molar-refractivity contribution < 1.29 is 0 Å². The van der Waals surface area contributed by atoms with E-state index in [1.54, 1.807) is 0 Å². The third-order valence-electron chi connectivity index (χ3n) is 10.0. The van der Waals surface area contributed by atoms with Crippen LogP contribution in [0.4, 0.5) is 5.69 Å². The topological polar surface area (TPSA) is 17.0 Å². The molecule has 0 saturated heterocycles. The Bertz CT molecular complexity index is 2710. The predicted octanol–water partition coefficient (Wildman–Crippen LogP) is 11.1. The minimum atomic E-state index is 0.281. The first kappa shape index (κ1) is 29.5. The van der Waals surface area contributed by atoms with Gasteiger partial charge in [-0.1, -0.05) is 115 Å². The van der Waals surface area contributed by atoms with E-state index >= 15 is 0 Å². The number of rotatable bonds is 4. The molecule has 0 bridgehead atoms. The Hall–Kier alpha value is -5.64. The summed E-state index contributed by atoms with van der Waals surface area (Å²) in [7, 11) is 0. The molecule has 3 heteroatoms. The highest BCUT2D eigenvalue weighted by Crippen LogP contribution is 2.42. The minimum Gasteiger partial charge on any atom is -0.378 e. The molecular formula is C46H36N2S. The summed E-state index contributed by atoms with van der Waals surface area (Å²) in [5.74, 6) is 0.340. The molecule has 2 atom stereocenters. The van der Waals surface area contributed by atoms with E-state index in [4.69, 9.17) is 0 Å². The Morgan fingerprint density at radius 3 is 2.31 bits per heavy atom.